The van der Waals surface area contributed by atoms with Crippen LogP contribution in [0.5, 0.6) is 0 Å². The topological polar surface area (TPSA) is 37.0 Å². The van der Waals surface area contributed by atoms with Crippen LogP contribution in [0.2, 0.25) is 0 Å². The lowest BCUT2D eigenvalue weighted by Gasteiger charge is -2.22. The molecule has 1 aromatic heterocycles. The Labute approximate surface area is 114 Å². The van der Waals surface area contributed by atoms with E-state index >= 15 is 0 Å². The van der Waals surface area contributed by atoms with Crippen molar-refractivity contribution in [3.8, 4) is 0 Å². The number of hydrogen-bond acceptors (Lipinski definition) is 4. The summed E-state index contributed by atoms with van der Waals surface area (Å²) in [6.07, 6.45) is 7.34. The highest BCUT2D eigenvalue weighted by Gasteiger charge is 2.12. The van der Waals surface area contributed by atoms with E-state index in [-0.39, 0.29) is 0 Å². The lowest BCUT2D eigenvalue weighted by molar-refractivity contribution is 0.348. The molecule has 0 bridgehead atoms. The Morgan fingerprint density at radius 1 is 1.61 bits per heavy atom. The minimum Gasteiger partial charge on any atom is -0.316 e. The van der Waals surface area contributed by atoms with E-state index < -0.39 is 0 Å². The molecule has 2 unspecified atom stereocenters. The van der Waals surface area contributed by atoms with Crippen LogP contribution in [0.1, 0.15) is 43.5 Å². The third-order valence-corrected chi connectivity index (χ3v) is 4.70. The maximum Gasteiger partial charge on any atom is 0.0965 e. The highest BCUT2D eigenvalue weighted by atomic mass is 32.1. The molecule has 2 atom stereocenters. The van der Waals surface area contributed by atoms with Gasteiger partial charge in [0.1, 0.15) is 0 Å². The van der Waals surface area contributed by atoms with Crippen molar-refractivity contribution in [3.63, 3.8) is 0 Å². The van der Waals surface area contributed by atoms with Crippen LogP contribution in [0.4, 0.5) is 0 Å². The zero-order valence-corrected chi connectivity index (χ0v) is 12.1. The van der Waals surface area contributed by atoms with Gasteiger partial charge in [-0.1, -0.05) is 6.92 Å². The van der Waals surface area contributed by atoms with E-state index in [0.29, 0.717) is 5.92 Å². The number of rotatable bonds is 7. The van der Waals surface area contributed by atoms with Gasteiger partial charge in [0, 0.05) is 24.0 Å². The van der Waals surface area contributed by atoms with Crippen molar-refractivity contribution in [2.75, 3.05) is 26.2 Å². The summed E-state index contributed by atoms with van der Waals surface area (Å²) in [4.78, 5) is 4.36. The molecule has 102 valence electrons. The van der Waals surface area contributed by atoms with Crippen LogP contribution in [-0.4, -0.2) is 31.2 Å². The SMILES string of the molecule is CC(CNCCCC1CCCNC1)c1nccs1. The maximum atomic E-state index is 4.36. The van der Waals surface area contributed by atoms with E-state index in [1.165, 1.54) is 43.8 Å². The van der Waals surface area contributed by atoms with Crippen molar-refractivity contribution in [2.45, 2.75) is 38.5 Å². The number of nitrogens with zero attached hydrogens (tertiary/aromatic N) is 1. The lowest BCUT2D eigenvalue weighted by atomic mass is 9.95. The zero-order chi connectivity index (χ0) is 12.6. The van der Waals surface area contributed by atoms with Crippen LogP contribution in [0.25, 0.3) is 0 Å². The van der Waals surface area contributed by atoms with E-state index in [1.807, 2.05) is 6.20 Å². The summed E-state index contributed by atoms with van der Waals surface area (Å²) in [6, 6.07) is 0. The highest BCUT2D eigenvalue weighted by Crippen LogP contribution is 2.17. The van der Waals surface area contributed by atoms with Crippen LogP contribution in [0, 0.1) is 5.92 Å². The average Bonchev–Trinajstić information content (AvgIpc) is 2.93. The minimum atomic E-state index is 0.543. The van der Waals surface area contributed by atoms with Crippen molar-refractivity contribution >= 4 is 11.3 Å². The van der Waals surface area contributed by atoms with Gasteiger partial charge >= 0.3 is 0 Å². The fraction of sp³-hybridized carbons (Fsp3) is 0.786. The smallest absolute Gasteiger partial charge is 0.0965 e. The van der Waals surface area contributed by atoms with Crippen molar-refractivity contribution in [1.29, 1.82) is 0 Å². The third-order valence-electron chi connectivity index (χ3n) is 3.69. The van der Waals surface area contributed by atoms with Gasteiger partial charge in [0.15, 0.2) is 0 Å². The number of hydrogen-bond donors (Lipinski definition) is 2. The second kappa shape index (κ2) is 7.87. The quantitative estimate of drug-likeness (QED) is 0.746. The van der Waals surface area contributed by atoms with Gasteiger partial charge in [0.2, 0.25) is 0 Å². The Morgan fingerprint density at radius 3 is 3.28 bits per heavy atom. The molecule has 3 nitrogen and oxygen atoms in total. The maximum absolute atomic E-state index is 4.36. The molecule has 0 radical (unpaired) electrons. The molecule has 0 spiro atoms. The van der Waals surface area contributed by atoms with Crippen LogP contribution in [0.3, 0.4) is 0 Å². The van der Waals surface area contributed by atoms with E-state index in [4.69, 9.17) is 0 Å². The standard InChI is InChI=1S/C14H25N3S/c1-12(14-17-8-9-18-14)10-15-6-2-4-13-5-3-7-16-11-13/h8-9,12-13,15-16H,2-7,10-11H2,1H3. The van der Waals surface area contributed by atoms with E-state index in [2.05, 4.69) is 27.9 Å². The largest absolute Gasteiger partial charge is 0.316 e. The fourth-order valence-electron chi connectivity index (χ4n) is 2.57. The van der Waals surface area contributed by atoms with E-state index in [9.17, 15) is 0 Å². The van der Waals surface area contributed by atoms with Gasteiger partial charge in [-0.15, -0.1) is 11.3 Å². The molecule has 0 amide bonds. The molecule has 1 aromatic rings. The van der Waals surface area contributed by atoms with Gasteiger partial charge in [-0.3, -0.25) is 0 Å². The Hall–Kier alpha value is -0.450. The Morgan fingerprint density at radius 2 is 2.56 bits per heavy atom. The van der Waals surface area contributed by atoms with Gasteiger partial charge < -0.3 is 10.6 Å². The van der Waals surface area contributed by atoms with Gasteiger partial charge in [-0.05, 0) is 51.2 Å². The van der Waals surface area contributed by atoms with Crippen molar-refractivity contribution in [1.82, 2.24) is 15.6 Å². The predicted molar refractivity (Wildman–Crippen MR) is 78.2 cm³/mol. The molecule has 0 aliphatic carbocycles. The molecule has 1 saturated heterocycles. The van der Waals surface area contributed by atoms with Crippen molar-refractivity contribution in [3.05, 3.63) is 16.6 Å². The molecule has 2 rings (SSSR count). The van der Waals surface area contributed by atoms with Crippen LogP contribution < -0.4 is 10.6 Å². The van der Waals surface area contributed by atoms with Gasteiger partial charge in [-0.25, -0.2) is 4.98 Å². The number of nitrogens with one attached hydrogen (secondary N) is 2. The molecule has 4 heteroatoms. The normalized spacial score (nSPS) is 21.9. The number of aromatic nitrogens is 1. The molecule has 1 aliphatic heterocycles. The Balaban J connectivity index is 1.50. The van der Waals surface area contributed by atoms with Gasteiger partial charge in [0.25, 0.3) is 0 Å². The molecular weight excluding hydrogens is 242 g/mol. The second-order valence-electron chi connectivity index (χ2n) is 5.33. The summed E-state index contributed by atoms with van der Waals surface area (Å²) < 4.78 is 0. The van der Waals surface area contributed by atoms with Crippen molar-refractivity contribution in [2.24, 2.45) is 5.92 Å². The molecule has 2 heterocycles. The zero-order valence-electron chi connectivity index (χ0n) is 11.3. The van der Waals surface area contributed by atoms with Crippen LogP contribution >= 0.6 is 11.3 Å². The second-order valence-corrected chi connectivity index (χ2v) is 6.26. The lowest BCUT2D eigenvalue weighted by Crippen LogP contribution is -2.30. The van der Waals surface area contributed by atoms with Crippen LogP contribution in [0.15, 0.2) is 11.6 Å². The molecule has 0 aromatic carbocycles. The summed E-state index contributed by atoms with van der Waals surface area (Å²) in [5.41, 5.74) is 0. The minimum absolute atomic E-state index is 0.543. The monoisotopic (exact) mass is 267 g/mol. The molecule has 18 heavy (non-hydrogen) atoms. The highest BCUT2D eigenvalue weighted by molar-refractivity contribution is 7.09. The average molecular weight is 267 g/mol. The molecular formula is C14H25N3S. The molecule has 1 aliphatic rings. The predicted octanol–water partition coefficient (Wildman–Crippen LogP) is 2.62. The Bertz CT molecular complexity index is 307. The third kappa shape index (κ3) is 4.67. The Kier molecular flexibility index (Phi) is 6.11. The number of thiazole rings is 1. The molecule has 0 saturated carbocycles. The fourth-order valence-corrected chi connectivity index (χ4v) is 3.27. The molecule has 1 fully saturated rings. The summed E-state index contributed by atoms with van der Waals surface area (Å²) in [6.45, 7) is 6.90. The van der Waals surface area contributed by atoms with Gasteiger partial charge in [-0.2, -0.15) is 0 Å². The van der Waals surface area contributed by atoms with Gasteiger partial charge in [0.05, 0.1) is 5.01 Å². The first-order valence-electron chi connectivity index (χ1n) is 7.17. The first-order valence-corrected chi connectivity index (χ1v) is 8.05. The van der Waals surface area contributed by atoms with E-state index in [0.717, 1.165) is 19.0 Å². The molecule has 2 N–H and O–H groups in total. The van der Waals surface area contributed by atoms with Crippen molar-refractivity contribution < 1.29 is 0 Å². The van der Waals surface area contributed by atoms with E-state index in [1.54, 1.807) is 11.3 Å². The summed E-state index contributed by atoms with van der Waals surface area (Å²) >= 11 is 1.76. The summed E-state index contributed by atoms with van der Waals surface area (Å²) in [5.74, 6) is 1.46. The summed E-state index contributed by atoms with van der Waals surface area (Å²) in [5, 5.41) is 10.4. The first kappa shape index (κ1) is 14.0. The first-order chi connectivity index (χ1) is 8.86. The number of piperidine rings is 1. The summed E-state index contributed by atoms with van der Waals surface area (Å²) in [7, 11) is 0. The van der Waals surface area contributed by atoms with Crippen LogP contribution in [-0.2, 0) is 0 Å².